The quantitative estimate of drug-likeness (QED) is 0.0154. The Morgan fingerprint density at radius 3 is 1.22 bits per heavy atom. The van der Waals surface area contributed by atoms with Gasteiger partial charge in [-0.3, -0.25) is 82.0 Å². The number of aliphatic hydroxyl groups excluding tert-OH is 5. The number of esters is 2. The Morgan fingerprint density at radius 2 is 0.947 bits per heavy atom. The van der Waals surface area contributed by atoms with E-state index < -0.39 is 58.5 Å². The standard InChI is InChI=1S/C10H17NO4S.C10H17NO4.C10H18O4S.C9H17NO3.C9H16O3S.C7H13NO3S2.C5H9NOS.C4H9NOS.3CH4O.7CH4/c1-3-4-9(13)11-7(6(2)12)5-8(16)10(14)15;1-3-4-9(13)11-8(7(2)12)5-6-10(14)15;1-3-8(7-11)10(13)15-6-5-9(12)14-4-2;1-4-8(5-11)9(13)10-6(2)7(3)12;1-3-5-9(11)13-7-6-8(10)12-4-2;1-4(9)5(8)3-6(7(10)11)13-12-2;1-4(7)5-2-8-3-6-5;1-3(6)4(5)2-7;3*1-2;;;;;;;/h7-8,16H,3-5H2,1-2H3,(H,11,13)(H,14,15);8H,3-6H2,1-2H3,(H,11,13)(H,14,15);8,11H,3-7H2,1-2H3;6,8,11H,4-5H2,1-3H3,(H,10,13);3-7H2,1-2H3;5-6H,3,8H2,1-2H3,(H,10,11);5-6H,2-3H2,1H3;4,7H,2,5H2,1H3;3*2H,1H3;7*1H4/t7-,8-;2*8-;6-,8-;;5-,6-;5-;4-;;;;;;;;;;/m0000.000........../s1. The molecule has 0 unspecified atom stereocenters. The largest absolute Gasteiger partial charge is 0.481 e. The number of aliphatic hydroxyl groups is 5. The first-order valence-electron chi connectivity index (χ1n) is 33.8. The van der Waals surface area contributed by atoms with Crippen LogP contribution in [0.15, 0.2) is 0 Å². The van der Waals surface area contributed by atoms with Crippen molar-refractivity contribution in [1.82, 2.24) is 21.3 Å². The molecule has 1 fully saturated rings. The van der Waals surface area contributed by atoms with E-state index in [4.69, 9.17) is 61.8 Å². The van der Waals surface area contributed by atoms with Gasteiger partial charge in [0.2, 0.25) is 17.7 Å². The molecule has 680 valence electrons. The van der Waals surface area contributed by atoms with E-state index in [1.807, 2.05) is 34.6 Å². The van der Waals surface area contributed by atoms with E-state index in [-0.39, 0.29) is 190 Å². The highest BCUT2D eigenvalue weighted by molar-refractivity contribution is 8.76. The molecular formula is C74H156N6O26S7. The summed E-state index contributed by atoms with van der Waals surface area (Å²) in [5.41, 5.74) is 10.6. The number of carbonyl (C=O) groups excluding carboxylic acids is 13. The number of nitrogens with one attached hydrogen (secondary N) is 4. The van der Waals surface area contributed by atoms with Gasteiger partial charge in [0.15, 0.2) is 27.6 Å². The first-order valence-corrected chi connectivity index (χ1v) is 40.7. The Labute approximate surface area is 710 Å². The van der Waals surface area contributed by atoms with Crippen LogP contribution in [0, 0.1) is 11.8 Å². The number of hydrogen-bond donors (Lipinski definition) is 16. The highest BCUT2D eigenvalue weighted by atomic mass is 33.1. The Balaban J connectivity index is -0.0000000615. The van der Waals surface area contributed by atoms with Gasteiger partial charge >= 0.3 is 29.8 Å². The molecule has 113 heavy (non-hydrogen) atoms. The van der Waals surface area contributed by atoms with Crippen LogP contribution in [0.2, 0.25) is 0 Å². The van der Waals surface area contributed by atoms with Crippen molar-refractivity contribution in [1.29, 1.82) is 0 Å². The van der Waals surface area contributed by atoms with Gasteiger partial charge in [0.1, 0.15) is 27.8 Å². The first-order chi connectivity index (χ1) is 49.7. The van der Waals surface area contributed by atoms with Crippen molar-refractivity contribution in [2.45, 2.75) is 286 Å². The molecule has 3 amide bonds. The molecule has 0 aliphatic carbocycles. The van der Waals surface area contributed by atoms with Crippen LogP contribution in [0.3, 0.4) is 0 Å². The Bertz CT molecular complexity index is 2400. The fraction of sp³-hybridized carbons (Fsp3) is 0.784. The highest BCUT2D eigenvalue weighted by Gasteiger charge is 2.26. The SMILES string of the molecule is C.C.C.C.C.C.C.CC(=O)[C@@H](N)CS.CC(=O)[C@@H]1CSCN1.CCCC(=O)N[C@@H](CCC(=O)O)C(C)=O.CCCC(=O)N[C@@H](C[C@H](S)C(=O)O)C(C)=O.CCCC(=O)SCCC(=O)OCC.CCOC(=O)CCSC(=O)[C@@H](CC)CO.CC[C@@H](CO)C(=O)N[C@@H](C)C(C)=O.CO.CO.CO.CSS[C@@H](C[C@H](N)C(C)=O)C(=O)O. The number of thiol groups is 2. The molecule has 0 aromatic carbocycles. The third-order valence-electron chi connectivity index (χ3n) is 12.7. The van der Waals surface area contributed by atoms with Gasteiger partial charge in [0, 0.05) is 75.9 Å². The van der Waals surface area contributed by atoms with Gasteiger partial charge in [0.05, 0.1) is 87.4 Å². The zero-order valence-corrected chi connectivity index (χ0v) is 70.9. The van der Waals surface area contributed by atoms with Crippen LogP contribution in [0.1, 0.15) is 239 Å². The smallest absolute Gasteiger partial charge is 0.317 e. The summed E-state index contributed by atoms with van der Waals surface area (Å²) in [4.78, 5) is 174. The summed E-state index contributed by atoms with van der Waals surface area (Å²) in [5.74, 6) is -2.08. The van der Waals surface area contributed by atoms with Gasteiger partial charge in [0.25, 0.3) is 0 Å². The van der Waals surface area contributed by atoms with Crippen LogP contribution in [-0.4, -0.2) is 263 Å². The average Bonchev–Trinajstić information content (AvgIpc) is 1.71. The second kappa shape index (κ2) is 105. The summed E-state index contributed by atoms with van der Waals surface area (Å²) in [5, 5.41) is 73.7. The van der Waals surface area contributed by atoms with Crippen LogP contribution in [0.4, 0.5) is 0 Å². The lowest BCUT2D eigenvalue weighted by molar-refractivity contribution is -0.143. The van der Waals surface area contributed by atoms with E-state index >= 15 is 0 Å². The van der Waals surface area contributed by atoms with Gasteiger partial charge in [-0.25, -0.2) is 0 Å². The maximum absolute atomic E-state index is 11.4. The van der Waals surface area contributed by atoms with Crippen LogP contribution in [-0.2, 0) is 86.2 Å². The minimum atomic E-state index is -1.10. The molecule has 0 saturated carbocycles. The highest BCUT2D eigenvalue weighted by Crippen LogP contribution is 2.27. The van der Waals surface area contributed by atoms with Crippen molar-refractivity contribution in [3.63, 3.8) is 0 Å². The van der Waals surface area contributed by atoms with Crippen LogP contribution in [0.25, 0.3) is 0 Å². The monoisotopic (exact) mass is 1770 g/mol. The number of Topliss-reactive ketones (excluding diaryl/α,β-unsaturated/α-hetero) is 6. The van der Waals surface area contributed by atoms with Crippen molar-refractivity contribution in [3.8, 4) is 0 Å². The van der Waals surface area contributed by atoms with Gasteiger partial charge in [-0.1, -0.05) is 132 Å². The Morgan fingerprint density at radius 1 is 0.540 bits per heavy atom. The van der Waals surface area contributed by atoms with Crippen molar-refractivity contribution >= 4 is 175 Å². The maximum atomic E-state index is 11.4. The Kier molecular flexibility index (Phi) is 139. The lowest BCUT2D eigenvalue weighted by atomic mass is 10.1. The number of hydrogen-bond acceptors (Lipinski definition) is 33. The third-order valence-corrected chi connectivity index (χ3v) is 18.5. The number of amides is 3. The second-order valence-electron chi connectivity index (χ2n) is 21.5. The fourth-order valence-corrected chi connectivity index (χ4v) is 11.4. The summed E-state index contributed by atoms with van der Waals surface area (Å²) in [6, 6.07) is -2.80. The van der Waals surface area contributed by atoms with E-state index in [1.54, 1.807) is 45.7 Å². The average molecular weight is 1770 g/mol. The lowest BCUT2D eigenvalue weighted by Gasteiger charge is -2.17. The summed E-state index contributed by atoms with van der Waals surface area (Å²) in [6.07, 6.45) is 7.32. The topological polar surface area (TPSA) is 554 Å². The van der Waals surface area contributed by atoms with Gasteiger partial charge in [-0.05, 0) is 120 Å². The Hall–Kier alpha value is -4.75. The zero-order chi connectivity index (χ0) is 85.1. The van der Waals surface area contributed by atoms with Crippen LogP contribution in [0.5, 0.6) is 0 Å². The molecule has 1 heterocycles. The predicted molar refractivity (Wildman–Crippen MR) is 474 cm³/mol. The lowest BCUT2D eigenvalue weighted by Crippen LogP contribution is -2.42. The van der Waals surface area contributed by atoms with Crippen molar-refractivity contribution in [3.05, 3.63) is 0 Å². The number of carbonyl (C=O) groups is 16. The molecule has 1 rings (SSSR count). The molecule has 0 spiro atoms. The van der Waals surface area contributed by atoms with E-state index in [2.05, 4.69) is 46.5 Å². The summed E-state index contributed by atoms with van der Waals surface area (Å²) < 4.78 is 9.44. The molecule has 0 radical (unpaired) electrons. The van der Waals surface area contributed by atoms with Crippen LogP contribution < -0.4 is 32.7 Å². The van der Waals surface area contributed by atoms with Crippen molar-refractivity contribution in [2.24, 2.45) is 23.3 Å². The van der Waals surface area contributed by atoms with E-state index in [0.717, 1.165) is 51.1 Å². The molecule has 0 aromatic heterocycles. The number of ether oxygens (including phenoxy) is 2. The minimum absolute atomic E-state index is 0. The number of ketones is 6. The molecule has 1 aliphatic heterocycles. The summed E-state index contributed by atoms with van der Waals surface area (Å²) >= 11 is 11.7. The number of aliphatic carboxylic acids is 3. The number of rotatable bonds is 41. The normalized spacial score (nSPS) is 12.7. The summed E-state index contributed by atoms with van der Waals surface area (Å²) in [6.45, 7) is 23.5. The summed E-state index contributed by atoms with van der Waals surface area (Å²) in [7, 11) is 5.58. The number of nitrogens with two attached hydrogens (primary N) is 2. The fourth-order valence-electron chi connectivity index (χ4n) is 6.31. The van der Waals surface area contributed by atoms with Gasteiger partial charge < -0.3 is 77.7 Å². The molecular weight excluding hydrogens is 1610 g/mol. The zero-order valence-electron chi connectivity index (χ0n) is 65.1. The van der Waals surface area contributed by atoms with E-state index in [0.29, 0.717) is 81.8 Å². The molecule has 0 bridgehead atoms. The molecule has 0 aromatic rings. The number of carboxylic acids is 3. The minimum Gasteiger partial charge on any atom is -0.481 e. The van der Waals surface area contributed by atoms with E-state index in [1.165, 1.54) is 68.0 Å². The molecule has 1 saturated heterocycles. The number of carboxylic acid groups (broad SMARTS) is 3. The van der Waals surface area contributed by atoms with Crippen molar-refractivity contribution in [2.75, 3.05) is 82.9 Å². The molecule has 16 N–H and O–H groups in total. The first kappa shape index (κ1) is 150. The van der Waals surface area contributed by atoms with E-state index in [9.17, 15) is 76.7 Å². The predicted octanol–water partition coefficient (Wildman–Crippen LogP) is 8.78. The van der Waals surface area contributed by atoms with Gasteiger partial charge in [-0.15, -0.1) is 11.8 Å². The number of thioether (sulfide) groups is 3. The molecule has 10 atom stereocenters. The third kappa shape index (κ3) is 103. The van der Waals surface area contributed by atoms with Gasteiger partial charge in [-0.2, -0.15) is 25.3 Å². The van der Waals surface area contributed by atoms with Crippen molar-refractivity contribution < 1.29 is 127 Å². The van der Waals surface area contributed by atoms with Crippen LogP contribution >= 0.6 is 82.1 Å². The maximum Gasteiger partial charge on any atom is 0.317 e. The molecule has 39 heteroatoms. The molecule has 32 nitrogen and oxygen atoms in total. The second-order valence-corrected chi connectivity index (χ2v) is 28.4. The molecule has 1 aliphatic rings.